The zero-order valence-corrected chi connectivity index (χ0v) is 19.9. The van der Waals surface area contributed by atoms with Gasteiger partial charge in [-0.25, -0.2) is 8.42 Å². The molecule has 1 aliphatic rings. The first kappa shape index (κ1) is 24.5. The molecule has 0 bridgehead atoms. The Morgan fingerprint density at radius 1 is 1.13 bits per heavy atom. The molecule has 6 nitrogen and oxygen atoms in total. The molecule has 1 heterocycles. The van der Waals surface area contributed by atoms with Gasteiger partial charge in [-0.05, 0) is 18.2 Å². The lowest BCUT2D eigenvalue weighted by Gasteiger charge is -2.34. The van der Waals surface area contributed by atoms with Crippen LogP contribution in [-0.4, -0.2) is 52.5 Å². The van der Waals surface area contributed by atoms with Crippen molar-refractivity contribution >= 4 is 23.9 Å². The molecule has 1 aromatic rings. The topological polar surface area (TPSA) is 89.9 Å². The Kier molecular flexibility index (Phi) is 8.60. The third kappa shape index (κ3) is 5.49. The van der Waals surface area contributed by atoms with Crippen LogP contribution in [0.2, 0.25) is 18.1 Å². The monoisotopic (exact) mass is 452 g/mol. The van der Waals surface area contributed by atoms with Crippen molar-refractivity contribution in [2.24, 2.45) is 0 Å². The van der Waals surface area contributed by atoms with E-state index in [1.165, 1.54) is 6.92 Å². The summed E-state index contributed by atoms with van der Waals surface area (Å²) in [7, 11) is -6.10. The smallest absolute Gasteiger partial charge is 0.302 e. The maximum Gasteiger partial charge on any atom is 0.302 e. The molecule has 0 saturated heterocycles. The van der Waals surface area contributed by atoms with Crippen LogP contribution in [0.15, 0.2) is 58.0 Å². The van der Waals surface area contributed by atoms with Gasteiger partial charge in [-0.3, -0.25) is 4.79 Å². The second-order valence-corrected chi connectivity index (χ2v) is 15.0. The summed E-state index contributed by atoms with van der Waals surface area (Å²) in [6.45, 7) is 7.44. The number of sulfone groups is 1. The van der Waals surface area contributed by atoms with Crippen LogP contribution in [0, 0.1) is 0 Å². The van der Waals surface area contributed by atoms with Crippen LogP contribution in [0.4, 0.5) is 0 Å². The molecule has 166 valence electrons. The van der Waals surface area contributed by atoms with E-state index in [0.717, 1.165) is 18.1 Å². The first-order valence-electron chi connectivity index (χ1n) is 10.4. The molecule has 8 heteroatoms. The maximum atomic E-state index is 13.7. The Hall–Kier alpha value is -1.74. The summed E-state index contributed by atoms with van der Waals surface area (Å²) in [4.78, 5) is 11.4. The molecule has 0 amide bonds. The van der Waals surface area contributed by atoms with Gasteiger partial charge in [0.05, 0.1) is 4.90 Å². The molecule has 0 aromatic heterocycles. The van der Waals surface area contributed by atoms with Crippen LogP contribution >= 0.6 is 0 Å². The Morgan fingerprint density at radius 2 is 1.73 bits per heavy atom. The minimum atomic E-state index is -3.74. The molecule has 0 saturated carbocycles. The van der Waals surface area contributed by atoms with Gasteiger partial charge in [0.15, 0.2) is 9.84 Å². The highest BCUT2D eigenvalue weighted by molar-refractivity contribution is 7.97. The van der Waals surface area contributed by atoms with Crippen molar-refractivity contribution in [3.63, 3.8) is 0 Å². The van der Waals surface area contributed by atoms with Crippen molar-refractivity contribution in [1.29, 1.82) is 0 Å². The molecule has 0 fully saturated rings. The lowest BCUT2D eigenvalue weighted by atomic mass is 10.1. The van der Waals surface area contributed by atoms with Crippen LogP contribution in [-0.2, 0) is 24.1 Å². The predicted molar refractivity (Wildman–Crippen MR) is 119 cm³/mol. The number of aliphatic hydroxyl groups is 1. The number of esters is 1. The summed E-state index contributed by atoms with van der Waals surface area (Å²) >= 11 is 0. The largest absolute Gasteiger partial charge is 0.463 e. The van der Waals surface area contributed by atoms with Gasteiger partial charge in [-0.15, -0.1) is 0 Å². The van der Waals surface area contributed by atoms with Crippen LogP contribution in [0.25, 0.3) is 0 Å². The van der Waals surface area contributed by atoms with Crippen LogP contribution < -0.4 is 0 Å². The van der Waals surface area contributed by atoms with Gasteiger partial charge in [-0.1, -0.05) is 69.3 Å². The van der Waals surface area contributed by atoms with Gasteiger partial charge in [0.2, 0.25) is 0 Å². The molecule has 0 radical (unpaired) electrons. The zero-order valence-electron chi connectivity index (χ0n) is 18.1. The van der Waals surface area contributed by atoms with Gasteiger partial charge in [0.1, 0.15) is 33.0 Å². The minimum absolute atomic E-state index is 0.0154. The van der Waals surface area contributed by atoms with Gasteiger partial charge in [0.25, 0.3) is 0 Å². The SMILES string of the molecule is CC[Si](CC)(CC)/C(=C/[C@H]1O[C@H](COC(C)=O)C=C[C@H]1O)S(=O)(=O)c1ccccc1. The Morgan fingerprint density at radius 3 is 2.27 bits per heavy atom. The first-order valence-corrected chi connectivity index (χ1v) is 14.5. The average Bonchev–Trinajstić information content (AvgIpc) is 2.75. The molecule has 1 aliphatic heterocycles. The van der Waals surface area contributed by atoms with E-state index < -0.39 is 42.2 Å². The van der Waals surface area contributed by atoms with E-state index in [-0.39, 0.29) is 11.5 Å². The minimum Gasteiger partial charge on any atom is -0.463 e. The molecule has 1 aromatic carbocycles. The third-order valence-electron chi connectivity index (χ3n) is 5.85. The van der Waals surface area contributed by atoms with E-state index >= 15 is 0 Å². The molecule has 3 atom stereocenters. The maximum absolute atomic E-state index is 13.7. The number of rotatable bonds is 9. The highest BCUT2D eigenvalue weighted by Gasteiger charge is 2.41. The summed E-state index contributed by atoms with van der Waals surface area (Å²) in [5, 5.41) is 10.5. The third-order valence-corrected chi connectivity index (χ3v) is 14.8. The van der Waals surface area contributed by atoms with Crippen molar-refractivity contribution in [3.8, 4) is 0 Å². The Labute approximate surface area is 180 Å². The van der Waals surface area contributed by atoms with Gasteiger partial charge < -0.3 is 14.6 Å². The molecule has 0 aliphatic carbocycles. The van der Waals surface area contributed by atoms with E-state index in [1.807, 2.05) is 20.8 Å². The van der Waals surface area contributed by atoms with Gasteiger partial charge in [-0.2, -0.15) is 0 Å². The quantitative estimate of drug-likeness (QED) is 0.349. The van der Waals surface area contributed by atoms with Crippen LogP contribution in [0.3, 0.4) is 0 Å². The summed E-state index contributed by atoms with van der Waals surface area (Å²) < 4.78 is 38.7. The second-order valence-electron chi connectivity index (χ2n) is 7.51. The van der Waals surface area contributed by atoms with E-state index in [1.54, 1.807) is 48.6 Å². The van der Waals surface area contributed by atoms with Crippen molar-refractivity contribution in [2.75, 3.05) is 6.61 Å². The van der Waals surface area contributed by atoms with Crippen molar-refractivity contribution in [3.05, 3.63) is 53.1 Å². The summed E-state index contributed by atoms with van der Waals surface area (Å²) in [6.07, 6.45) is 2.46. The fraction of sp³-hybridized carbons (Fsp3) is 0.500. The Balaban J connectivity index is 2.52. The highest BCUT2D eigenvalue weighted by Crippen LogP contribution is 2.36. The van der Waals surface area contributed by atoms with E-state index in [0.29, 0.717) is 4.53 Å². The molecular weight excluding hydrogens is 420 g/mol. The predicted octanol–water partition coefficient (Wildman–Crippen LogP) is 3.64. The standard InChI is InChI=1S/C22H32O6SSi/c1-5-30(6-2,7-3)22(29(25,26)19-11-9-8-10-12-19)15-21-20(24)14-13-18(28-21)16-27-17(4)23/h8-15,18,20-21,24H,5-7,16H2,1-4H3/b22-15+/t18-,20+,21+/m0/s1. The summed E-state index contributed by atoms with van der Waals surface area (Å²) in [5.41, 5.74) is 0. The lowest BCUT2D eigenvalue weighted by molar-refractivity contribution is -0.146. The number of benzene rings is 1. The number of hydrogen-bond acceptors (Lipinski definition) is 6. The number of aliphatic hydroxyl groups excluding tert-OH is 1. The number of hydrogen-bond donors (Lipinski definition) is 1. The average molecular weight is 453 g/mol. The van der Waals surface area contributed by atoms with Gasteiger partial charge >= 0.3 is 5.97 Å². The lowest BCUT2D eigenvalue weighted by Crippen LogP contribution is -2.42. The zero-order chi connectivity index (χ0) is 22.4. The highest BCUT2D eigenvalue weighted by atomic mass is 32.2. The molecule has 30 heavy (non-hydrogen) atoms. The van der Waals surface area contributed by atoms with Gasteiger partial charge in [0, 0.05) is 11.5 Å². The fourth-order valence-electron chi connectivity index (χ4n) is 3.81. The first-order chi connectivity index (χ1) is 14.2. The fourth-order valence-corrected chi connectivity index (χ4v) is 11.9. The van der Waals surface area contributed by atoms with Crippen molar-refractivity contribution < 1.29 is 27.8 Å². The molecule has 0 unspecified atom stereocenters. The number of carbonyl (C=O) groups excluding carboxylic acids is 1. The molecule has 2 rings (SSSR count). The van der Waals surface area contributed by atoms with E-state index in [4.69, 9.17) is 9.47 Å². The molecule has 1 N–H and O–H groups in total. The second kappa shape index (κ2) is 10.5. The summed E-state index contributed by atoms with van der Waals surface area (Å²) in [6, 6.07) is 10.7. The van der Waals surface area contributed by atoms with Crippen LogP contribution in [0.5, 0.6) is 0 Å². The summed E-state index contributed by atoms with van der Waals surface area (Å²) in [5.74, 6) is -0.424. The van der Waals surface area contributed by atoms with Crippen molar-refractivity contribution in [1.82, 2.24) is 0 Å². The number of ether oxygens (including phenoxy) is 2. The van der Waals surface area contributed by atoms with Crippen LogP contribution in [0.1, 0.15) is 27.7 Å². The number of carbonyl (C=O) groups is 1. The van der Waals surface area contributed by atoms with E-state index in [2.05, 4.69) is 0 Å². The Bertz CT molecular complexity index is 866. The van der Waals surface area contributed by atoms with E-state index in [9.17, 15) is 18.3 Å². The van der Waals surface area contributed by atoms with Crippen molar-refractivity contribution in [2.45, 2.75) is 69.0 Å². The molecule has 0 spiro atoms. The normalized spacial score (nSPS) is 22.7. The molecular formula is C22H32O6SSi.